The normalized spacial score (nSPS) is 12.1. The van der Waals surface area contributed by atoms with E-state index in [9.17, 15) is 5.11 Å². The molecule has 0 saturated carbocycles. The van der Waals surface area contributed by atoms with Gasteiger partial charge in [-0.1, -0.05) is 18.2 Å². The Morgan fingerprint density at radius 1 is 0.947 bits per heavy atom. The molecule has 1 N–H and O–H groups in total. The molecule has 0 aliphatic carbocycles. The van der Waals surface area contributed by atoms with Gasteiger partial charge in [0.1, 0.15) is 5.75 Å². The molecule has 19 heavy (non-hydrogen) atoms. The van der Waals surface area contributed by atoms with Gasteiger partial charge in [0.2, 0.25) is 0 Å². The van der Waals surface area contributed by atoms with E-state index in [0.717, 1.165) is 0 Å². The second kappa shape index (κ2) is 7.42. The lowest BCUT2D eigenvalue weighted by atomic mass is 10.3. The maximum absolute atomic E-state index is 9.32. The van der Waals surface area contributed by atoms with Crippen LogP contribution in [0.25, 0.3) is 0 Å². The minimum absolute atomic E-state index is 0.133. The molecule has 0 saturated heterocycles. The third-order valence-corrected chi connectivity index (χ3v) is 2.09. The van der Waals surface area contributed by atoms with Crippen LogP contribution in [0, 0.1) is 0 Å². The molecule has 0 amide bonds. The van der Waals surface area contributed by atoms with E-state index in [1.54, 1.807) is 24.3 Å². The highest BCUT2D eigenvalue weighted by molar-refractivity contribution is 5.20. The maximum Gasteiger partial charge on any atom is 0.286 e. The van der Waals surface area contributed by atoms with E-state index in [1.807, 2.05) is 18.2 Å². The van der Waals surface area contributed by atoms with E-state index in [0.29, 0.717) is 11.7 Å². The number of ether oxygens (including phenoxy) is 4. The second-order valence-corrected chi connectivity index (χ2v) is 3.41. The molecule has 2 rings (SSSR count). The summed E-state index contributed by atoms with van der Waals surface area (Å²) in [6.07, 6.45) is 1.47. The average Bonchev–Trinajstić information content (AvgIpc) is 2.93. The molecule has 1 aromatic carbocycles. The predicted molar refractivity (Wildman–Crippen MR) is 64.3 cm³/mol. The van der Waals surface area contributed by atoms with Crippen molar-refractivity contribution in [2.45, 2.75) is 6.48 Å². The van der Waals surface area contributed by atoms with Crippen molar-refractivity contribution in [3.63, 3.8) is 0 Å². The van der Waals surface area contributed by atoms with Crippen LogP contribution in [0.2, 0.25) is 0 Å². The number of rotatable bonds is 8. The highest BCUT2D eigenvalue weighted by Crippen LogP contribution is 2.10. The van der Waals surface area contributed by atoms with E-state index in [1.165, 1.54) is 6.26 Å². The van der Waals surface area contributed by atoms with Crippen molar-refractivity contribution in [2.24, 2.45) is 0 Å². The maximum atomic E-state index is 9.32. The molecule has 0 aliphatic heterocycles. The summed E-state index contributed by atoms with van der Waals surface area (Å²) in [5.74, 6) is 0.939. The lowest BCUT2D eigenvalue weighted by Crippen LogP contribution is -2.21. The van der Waals surface area contributed by atoms with Gasteiger partial charge in [0.05, 0.1) is 6.26 Å². The third kappa shape index (κ3) is 5.01. The van der Waals surface area contributed by atoms with Crippen molar-refractivity contribution in [1.82, 2.24) is 0 Å². The molecule has 0 bridgehead atoms. The topological polar surface area (TPSA) is 70.3 Å². The summed E-state index contributed by atoms with van der Waals surface area (Å²) in [5.41, 5.74) is 0. The summed E-state index contributed by atoms with van der Waals surface area (Å²) in [4.78, 5) is 0. The van der Waals surface area contributed by atoms with Gasteiger partial charge in [0.15, 0.2) is 13.6 Å². The zero-order chi connectivity index (χ0) is 13.3. The van der Waals surface area contributed by atoms with Crippen LogP contribution in [0.4, 0.5) is 0 Å². The minimum atomic E-state index is -1.43. The fraction of sp³-hybridized carbons (Fsp3) is 0.231. The Bertz CT molecular complexity index is 441. The molecule has 1 aromatic heterocycles. The summed E-state index contributed by atoms with van der Waals surface area (Å²) in [6, 6.07) is 12.4. The van der Waals surface area contributed by atoms with Crippen molar-refractivity contribution in [3.05, 3.63) is 48.7 Å². The molecule has 0 radical (unpaired) electrons. The van der Waals surface area contributed by atoms with Crippen molar-refractivity contribution in [1.29, 1.82) is 0 Å². The van der Waals surface area contributed by atoms with Crippen molar-refractivity contribution in [2.75, 3.05) is 13.6 Å². The van der Waals surface area contributed by atoms with E-state index in [4.69, 9.17) is 23.4 Å². The number of hydrogen-bond donors (Lipinski definition) is 1. The van der Waals surface area contributed by atoms with Gasteiger partial charge in [-0.05, 0) is 18.2 Å². The predicted octanol–water partition coefficient (Wildman–Crippen LogP) is 1.96. The van der Waals surface area contributed by atoms with Gasteiger partial charge >= 0.3 is 0 Å². The van der Waals surface area contributed by atoms with E-state index < -0.39 is 6.48 Å². The van der Waals surface area contributed by atoms with Gasteiger partial charge in [0, 0.05) is 6.07 Å². The standard InChI is InChI=1S/C13H14O6/c14-13(19-10-17-12-7-4-8-15-12)18-9-16-11-5-2-1-3-6-11/h1-8,13-14H,9-10H2. The first-order valence-corrected chi connectivity index (χ1v) is 5.60. The Morgan fingerprint density at radius 3 is 2.37 bits per heavy atom. The summed E-state index contributed by atoms with van der Waals surface area (Å²) >= 11 is 0. The Hall–Kier alpha value is -2.02. The largest absolute Gasteiger partial charge is 0.467 e. The quantitative estimate of drug-likeness (QED) is 0.736. The Kier molecular flexibility index (Phi) is 5.24. The third-order valence-electron chi connectivity index (χ3n) is 2.09. The lowest BCUT2D eigenvalue weighted by Gasteiger charge is -2.13. The van der Waals surface area contributed by atoms with Gasteiger partial charge in [0.25, 0.3) is 12.4 Å². The van der Waals surface area contributed by atoms with Crippen molar-refractivity contribution in [3.8, 4) is 11.7 Å². The summed E-state index contributed by atoms with van der Waals surface area (Å²) in [6.45, 7) is -1.76. The molecule has 1 heterocycles. The van der Waals surface area contributed by atoms with Gasteiger partial charge in [-0.3, -0.25) is 9.47 Å². The van der Waals surface area contributed by atoms with Crippen LogP contribution in [0.1, 0.15) is 0 Å². The van der Waals surface area contributed by atoms with Crippen LogP contribution in [-0.2, 0) is 9.47 Å². The van der Waals surface area contributed by atoms with Crippen molar-refractivity contribution < 1.29 is 28.5 Å². The van der Waals surface area contributed by atoms with Crippen LogP contribution in [0.3, 0.4) is 0 Å². The summed E-state index contributed by atoms with van der Waals surface area (Å²) < 4.78 is 24.8. The molecule has 0 fully saturated rings. The highest BCUT2D eigenvalue weighted by Gasteiger charge is 2.05. The SMILES string of the molecule is OC(OCOc1ccccc1)OCOc1ccco1. The smallest absolute Gasteiger partial charge is 0.286 e. The number of para-hydroxylation sites is 1. The van der Waals surface area contributed by atoms with Crippen LogP contribution in [0.15, 0.2) is 53.1 Å². The average molecular weight is 266 g/mol. The molecular formula is C13H14O6. The fourth-order valence-electron chi connectivity index (χ4n) is 1.22. The molecule has 2 aromatic rings. The molecule has 102 valence electrons. The number of benzene rings is 1. The van der Waals surface area contributed by atoms with Gasteiger partial charge < -0.3 is 19.0 Å². The first kappa shape index (κ1) is 13.4. The molecule has 6 heteroatoms. The van der Waals surface area contributed by atoms with Crippen LogP contribution >= 0.6 is 0 Å². The number of hydrogen-bond acceptors (Lipinski definition) is 6. The van der Waals surface area contributed by atoms with Gasteiger partial charge in [-0.25, -0.2) is 0 Å². The molecule has 1 unspecified atom stereocenters. The first-order chi connectivity index (χ1) is 9.34. The second-order valence-electron chi connectivity index (χ2n) is 3.41. The van der Waals surface area contributed by atoms with Crippen LogP contribution < -0.4 is 9.47 Å². The molecule has 0 spiro atoms. The Balaban J connectivity index is 1.56. The van der Waals surface area contributed by atoms with Gasteiger partial charge in [-0.2, -0.15) is 0 Å². The number of aliphatic hydroxyl groups is 1. The molecule has 1 atom stereocenters. The van der Waals surface area contributed by atoms with E-state index in [2.05, 4.69) is 0 Å². The summed E-state index contributed by atoms with van der Waals surface area (Å²) in [5, 5.41) is 9.32. The molecule has 6 nitrogen and oxygen atoms in total. The fourth-order valence-corrected chi connectivity index (χ4v) is 1.22. The minimum Gasteiger partial charge on any atom is -0.467 e. The first-order valence-electron chi connectivity index (χ1n) is 5.60. The molecule has 0 aliphatic rings. The zero-order valence-electron chi connectivity index (χ0n) is 10.1. The molecular weight excluding hydrogens is 252 g/mol. The van der Waals surface area contributed by atoms with Crippen molar-refractivity contribution >= 4 is 0 Å². The van der Waals surface area contributed by atoms with E-state index in [-0.39, 0.29) is 13.6 Å². The Labute approximate surface area is 110 Å². The lowest BCUT2D eigenvalue weighted by molar-refractivity contribution is -0.298. The monoisotopic (exact) mass is 266 g/mol. The Morgan fingerprint density at radius 2 is 1.68 bits per heavy atom. The van der Waals surface area contributed by atoms with Gasteiger partial charge in [-0.15, -0.1) is 0 Å². The van der Waals surface area contributed by atoms with E-state index >= 15 is 0 Å². The highest BCUT2D eigenvalue weighted by atomic mass is 16.9. The summed E-state index contributed by atoms with van der Waals surface area (Å²) in [7, 11) is 0. The zero-order valence-corrected chi connectivity index (χ0v) is 10.1. The number of furan rings is 1. The number of aliphatic hydroxyl groups excluding tert-OH is 1. The van der Waals surface area contributed by atoms with Crippen LogP contribution in [0.5, 0.6) is 11.7 Å². The van der Waals surface area contributed by atoms with Crippen LogP contribution in [-0.4, -0.2) is 25.2 Å².